The van der Waals surface area contributed by atoms with E-state index < -0.39 is 16.8 Å². The molecule has 0 saturated carbocycles. The van der Waals surface area contributed by atoms with Gasteiger partial charge in [-0.05, 0) is 41.5 Å². The molecule has 36 heavy (non-hydrogen) atoms. The zero-order valence-corrected chi connectivity index (χ0v) is 20.8. The zero-order valence-electron chi connectivity index (χ0n) is 20.0. The standard InChI is InChI=1S/C26H29FN4O4S/c27-19-3-6-23-21(15-19)25-22(17-36(23)33)24(26(32)30-9-13-35-14-10-30)28-31(25)20-4-1-18(2-5-20)16-29-7-11-34-12-8-29/h1-6,15,22,25H,7-14,16-17H2. The van der Waals surface area contributed by atoms with E-state index in [1.807, 2.05) is 17.1 Å². The number of hydrogen-bond acceptors (Lipinski definition) is 7. The van der Waals surface area contributed by atoms with Crippen LogP contribution in [0.25, 0.3) is 0 Å². The Kier molecular flexibility index (Phi) is 6.59. The number of carbonyl (C=O) groups is 1. The van der Waals surface area contributed by atoms with Gasteiger partial charge < -0.3 is 14.4 Å². The number of fused-ring (bicyclic) bond motifs is 3. The molecule has 1 amide bonds. The summed E-state index contributed by atoms with van der Waals surface area (Å²) in [4.78, 5) is 18.2. The number of nitrogens with zero attached hydrogens (tertiary/aromatic N) is 4. The predicted octanol–water partition coefficient (Wildman–Crippen LogP) is 2.17. The number of carbonyl (C=O) groups excluding carboxylic acids is 1. The molecule has 4 aliphatic heterocycles. The molecule has 0 radical (unpaired) electrons. The molecule has 2 aromatic rings. The van der Waals surface area contributed by atoms with Gasteiger partial charge in [0, 0.05) is 49.3 Å². The maximum atomic E-state index is 14.4. The number of hydrogen-bond donors (Lipinski definition) is 0. The molecule has 2 aromatic carbocycles. The molecule has 3 unspecified atom stereocenters. The fourth-order valence-electron chi connectivity index (χ4n) is 5.42. The molecule has 0 aliphatic carbocycles. The van der Waals surface area contributed by atoms with Gasteiger partial charge in [-0.2, -0.15) is 5.10 Å². The lowest BCUT2D eigenvalue weighted by atomic mass is 9.89. The van der Waals surface area contributed by atoms with E-state index >= 15 is 0 Å². The molecule has 8 nitrogen and oxygen atoms in total. The monoisotopic (exact) mass is 512 g/mol. The number of benzene rings is 2. The molecule has 0 N–H and O–H groups in total. The smallest absolute Gasteiger partial charge is 0.270 e. The van der Waals surface area contributed by atoms with Gasteiger partial charge in [-0.3, -0.25) is 18.9 Å². The average Bonchev–Trinajstić information content (AvgIpc) is 3.29. The summed E-state index contributed by atoms with van der Waals surface area (Å²) in [5.41, 5.74) is 3.03. The Morgan fingerprint density at radius 2 is 1.69 bits per heavy atom. The molecule has 0 bridgehead atoms. The summed E-state index contributed by atoms with van der Waals surface area (Å²) in [6, 6.07) is 12.2. The second-order valence-electron chi connectivity index (χ2n) is 9.54. The van der Waals surface area contributed by atoms with Crippen molar-refractivity contribution in [2.75, 3.05) is 63.4 Å². The third-order valence-electron chi connectivity index (χ3n) is 7.31. The summed E-state index contributed by atoms with van der Waals surface area (Å²) < 4.78 is 38.3. The molecular weight excluding hydrogens is 483 g/mol. The van der Waals surface area contributed by atoms with Crippen molar-refractivity contribution in [1.29, 1.82) is 0 Å². The van der Waals surface area contributed by atoms with Crippen molar-refractivity contribution in [2.24, 2.45) is 11.0 Å². The molecule has 3 atom stereocenters. The Bertz CT molecular complexity index is 1190. The lowest BCUT2D eigenvalue weighted by Gasteiger charge is -2.34. The Labute approximate surface area is 212 Å². The Morgan fingerprint density at radius 3 is 2.42 bits per heavy atom. The minimum Gasteiger partial charge on any atom is -0.379 e. The van der Waals surface area contributed by atoms with Gasteiger partial charge in [0.1, 0.15) is 11.5 Å². The minimum atomic E-state index is -1.34. The topological polar surface area (TPSA) is 74.7 Å². The Balaban J connectivity index is 1.34. The highest BCUT2D eigenvalue weighted by Crippen LogP contribution is 2.45. The van der Waals surface area contributed by atoms with Crippen LogP contribution in [0.4, 0.5) is 10.1 Å². The van der Waals surface area contributed by atoms with Gasteiger partial charge in [-0.25, -0.2) is 4.39 Å². The van der Waals surface area contributed by atoms with E-state index in [0.717, 1.165) is 38.5 Å². The van der Waals surface area contributed by atoms with Crippen LogP contribution in [0, 0.1) is 11.7 Å². The molecule has 10 heteroatoms. The van der Waals surface area contributed by atoms with Crippen molar-refractivity contribution < 1.29 is 22.9 Å². The molecule has 6 rings (SSSR count). The fraction of sp³-hybridized carbons (Fsp3) is 0.462. The third kappa shape index (κ3) is 4.47. The number of ether oxygens (including phenoxy) is 2. The minimum absolute atomic E-state index is 0.156. The van der Waals surface area contributed by atoms with Crippen molar-refractivity contribution in [3.8, 4) is 0 Å². The van der Waals surface area contributed by atoms with Crippen LogP contribution in [0.5, 0.6) is 0 Å². The molecule has 0 spiro atoms. The second-order valence-corrected chi connectivity index (χ2v) is 11.0. The Hall–Kier alpha value is -2.66. The molecule has 4 heterocycles. The van der Waals surface area contributed by atoms with E-state index in [9.17, 15) is 13.4 Å². The van der Waals surface area contributed by atoms with Crippen LogP contribution in [-0.2, 0) is 31.6 Å². The number of amides is 1. The number of anilines is 1. The summed E-state index contributed by atoms with van der Waals surface area (Å²) >= 11 is 0. The first-order chi connectivity index (χ1) is 17.6. The highest BCUT2D eigenvalue weighted by Gasteiger charge is 2.48. The number of morpholine rings is 2. The molecule has 190 valence electrons. The van der Waals surface area contributed by atoms with Gasteiger partial charge in [-0.1, -0.05) is 12.1 Å². The number of halogens is 1. The summed E-state index contributed by atoms with van der Waals surface area (Å²) in [5, 5.41) is 6.65. The van der Waals surface area contributed by atoms with Gasteiger partial charge in [0.25, 0.3) is 5.91 Å². The first kappa shape index (κ1) is 23.7. The molecular formula is C26H29FN4O4S. The Morgan fingerprint density at radius 1 is 1.00 bits per heavy atom. The van der Waals surface area contributed by atoms with Gasteiger partial charge in [0.15, 0.2) is 0 Å². The van der Waals surface area contributed by atoms with Crippen molar-refractivity contribution >= 4 is 28.1 Å². The van der Waals surface area contributed by atoms with Gasteiger partial charge >= 0.3 is 0 Å². The quantitative estimate of drug-likeness (QED) is 0.625. The van der Waals surface area contributed by atoms with Crippen LogP contribution >= 0.6 is 0 Å². The van der Waals surface area contributed by atoms with Crippen LogP contribution in [0.2, 0.25) is 0 Å². The highest BCUT2D eigenvalue weighted by atomic mass is 32.2. The summed E-state index contributed by atoms with van der Waals surface area (Å²) in [5.74, 6) is -0.649. The van der Waals surface area contributed by atoms with Crippen molar-refractivity contribution in [1.82, 2.24) is 9.80 Å². The zero-order chi connectivity index (χ0) is 24.6. The van der Waals surface area contributed by atoms with E-state index in [-0.39, 0.29) is 23.4 Å². The van der Waals surface area contributed by atoms with E-state index in [1.54, 1.807) is 11.0 Å². The van der Waals surface area contributed by atoms with E-state index in [2.05, 4.69) is 17.0 Å². The molecule has 4 aliphatic rings. The van der Waals surface area contributed by atoms with Crippen molar-refractivity contribution in [2.45, 2.75) is 17.5 Å². The van der Waals surface area contributed by atoms with Crippen LogP contribution in [-0.4, -0.2) is 84.0 Å². The van der Waals surface area contributed by atoms with Crippen LogP contribution in [0.15, 0.2) is 52.5 Å². The largest absolute Gasteiger partial charge is 0.379 e. The highest BCUT2D eigenvalue weighted by molar-refractivity contribution is 7.85. The summed E-state index contributed by atoms with van der Waals surface area (Å²) in [6.45, 7) is 6.14. The molecule has 2 saturated heterocycles. The van der Waals surface area contributed by atoms with Crippen molar-refractivity contribution in [3.63, 3.8) is 0 Å². The third-order valence-corrected chi connectivity index (χ3v) is 8.83. The normalized spacial score (nSPS) is 26.4. The maximum Gasteiger partial charge on any atom is 0.270 e. The SMILES string of the molecule is O=C(C1=NN(c2ccc(CN3CCOCC3)cc2)C2c3cc(F)ccc3S(=O)CC12)N1CCOCC1. The number of rotatable bonds is 4. The lowest BCUT2D eigenvalue weighted by molar-refractivity contribution is -0.128. The summed E-state index contributed by atoms with van der Waals surface area (Å²) in [6.07, 6.45) is 0. The summed E-state index contributed by atoms with van der Waals surface area (Å²) in [7, 11) is -1.34. The molecule has 2 fully saturated rings. The van der Waals surface area contributed by atoms with Crippen LogP contribution in [0.1, 0.15) is 17.2 Å². The van der Waals surface area contributed by atoms with Crippen LogP contribution in [0.3, 0.4) is 0 Å². The second kappa shape index (κ2) is 10.0. The first-order valence-corrected chi connectivity index (χ1v) is 13.7. The van der Waals surface area contributed by atoms with Gasteiger partial charge in [0.05, 0.1) is 49.0 Å². The number of hydrazone groups is 1. The van der Waals surface area contributed by atoms with E-state index in [0.29, 0.717) is 42.5 Å². The fourth-order valence-corrected chi connectivity index (χ4v) is 6.93. The maximum absolute atomic E-state index is 14.4. The lowest BCUT2D eigenvalue weighted by Crippen LogP contribution is -2.46. The van der Waals surface area contributed by atoms with E-state index in [1.165, 1.54) is 17.7 Å². The first-order valence-electron chi connectivity index (χ1n) is 12.4. The average molecular weight is 513 g/mol. The molecule has 0 aromatic heterocycles. The predicted molar refractivity (Wildman–Crippen MR) is 134 cm³/mol. The van der Waals surface area contributed by atoms with Gasteiger partial charge in [0.2, 0.25) is 0 Å². The van der Waals surface area contributed by atoms with E-state index in [4.69, 9.17) is 14.6 Å². The van der Waals surface area contributed by atoms with Crippen LogP contribution < -0.4 is 5.01 Å². The van der Waals surface area contributed by atoms with Crippen molar-refractivity contribution in [3.05, 3.63) is 59.4 Å². The van der Waals surface area contributed by atoms with Gasteiger partial charge in [-0.15, -0.1) is 0 Å².